The van der Waals surface area contributed by atoms with Crippen LogP contribution in [0.15, 0.2) is 54.7 Å². The lowest BCUT2D eigenvalue weighted by Gasteiger charge is -2.10. The third-order valence-corrected chi connectivity index (χ3v) is 4.17. The highest BCUT2D eigenvalue weighted by molar-refractivity contribution is 5.79. The van der Waals surface area contributed by atoms with Crippen molar-refractivity contribution < 1.29 is 13.2 Å². The molecule has 0 bridgehead atoms. The Balaban J connectivity index is 1.71. The average Bonchev–Trinajstić information content (AvgIpc) is 2.96. The number of nitrogen functional groups attached to an aromatic ring is 1. The molecule has 4 aromatic rings. The molecule has 0 amide bonds. The van der Waals surface area contributed by atoms with Gasteiger partial charge in [0.15, 0.2) is 5.82 Å². The van der Waals surface area contributed by atoms with E-state index in [4.69, 9.17) is 5.73 Å². The summed E-state index contributed by atoms with van der Waals surface area (Å²) in [6.45, 7) is 1.85. The van der Waals surface area contributed by atoms with E-state index in [2.05, 4.69) is 20.4 Å². The molecule has 4 rings (SSSR count). The molecule has 6 nitrogen and oxygen atoms in total. The van der Waals surface area contributed by atoms with Crippen LogP contribution in [0.2, 0.25) is 0 Å². The zero-order valence-corrected chi connectivity index (χ0v) is 14.7. The Morgan fingerprint density at radius 1 is 1.04 bits per heavy atom. The quantitative estimate of drug-likeness (QED) is 0.546. The van der Waals surface area contributed by atoms with Crippen molar-refractivity contribution in [2.24, 2.45) is 0 Å². The van der Waals surface area contributed by atoms with Crippen molar-refractivity contribution in [2.45, 2.75) is 13.1 Å². The molecule has 0 radical (unpaired) electrons. The Morgan fingerprint density at radius 2 is 1.79 bits per heavy atom. The van der Waals surface area contributed by atoms with Gasteiger partial charge in [0, 0.05) is 18.0 Å². The predicted octanol–water partition coefficient (Wildman–Crippen LogP) is 4.44. The Morgan fingerprint density at radius 3 is 2.50 bits per heavy atom. The Labute approximate surface area is 157 Å². The number of alkyl halides is 3. The number of aromatic nitrogens is 4. The van der Waals surface area contributed by atoms with Gasteiger partial charge in [-0.2, -0.15) is 18.3 Å². The first-order chi connectivity index (χ1) is 13.3. The third kappa shape index (κ3) is 3.34. The van der Waals surface area contributed by atoms with Gasteiger partial charge in [0.2, 0.25) is 0 Å². The van der Waals surface area contributed by atoms with Gasteiger partial charge in [-0.1, -0.05) is 6.07 Å². The van der Waals surface area contributed by atoms with Crippen LogP contribution in [-0.2, 0) is 6.18 Å². The lowest BCUT2D eigenvalue weighted by atomic mass is 10.2. The number of anilines is 3. The Hall–Kier alpha value is -3.62. The van der Waals surface area contributed by atoms with Crippen molar-refractivity contribution in [2.75, 3.05) is 11.1 Å². The van der Waals surface area contributed by atoms with Crippen LogP contribution in [0.4, 0.5) is 30.5 Å². The molecule has 3 aromatic heterocycles. The summed E-state index contributed by atoms with van der Waals surface area (Å²) in [4.78, 5) is 8.78. The number of rotatable bonds is 3. The van der Waals surface area contributed by atoms with Crippen LogP contribution in [-0.4, -0.2) is 19.6 Å². The van der Waals surface area contributed by atoms with Gasteiger partial charge in [-0.05, 0) is 43.3 Å². The minimum absolute atomic E-state index is 0.231. The van der Waals surface area contributed by atoms with E-state index in [1.165, 1.54) is 18.2 Å². The number of hydrogen-bond donors (Lipinski definition) is 2. The number of halogens is 3. The zero-order chi connectivity index (χ0) is 19.9. The van der Waals surface area contributed by atoms with Crippen molar-refractivity contribution in [3.63, 3.8) is 0 Å². The first-order valence-corrected chi connectivity index (χ1v) is 8.34. The molecule has 142 valence electrons. The second-order valence-corrected chi connectivity index (χ2v) is 6.19. The van der Waals surface area contributed by atoms with Crippen LogP contribution in [0, 0.1) is 6.92 Å². The van der Waals surface area contributed by atoms with E-state index in [1.807, 2.05) is 31.3 Å². The zero-order valence-electron chi connectivity index (χ0n) is 14.7. The van der Waals surface area contributed by atoms with Crippen LogP contribution < -0.4 is 11.1 Å². The van der Waals surface area contributed by atoms with Crippen LogP contribution in [0.1, 0.15) is 11.3 Å². The summed E-state index contributed by atoms with van der Waals surface area (Å²) < 4.78 is 39.9. The highest BCUT2D eigenvalue weighted by Gasteiger charge is 2.29. The molecular formula is C19H15F3N6. The maximum Gasteiger partial charge on any atom is 0.416 e. The molecule has 0 aliphatic heterocycles. The van der Waals surface area contributed by atoms with Crippen molar-refractivity contribution in [3.05, 3.63) is 66.0 Å². The number of aryl methyl sites for hydroxylation is 1. The van der Waals surface area contributed by atoms with E-state index in [0.29, 0.717) is 17.3 Å². The molecule has 0 atom stereocenters. The van der Waals surface area contributed by atoms with E-state index in [9.17, 15) is 13.2 Å². The van der Waals surface area contributed by atoms with Gasteiger partial charge in [-0.3, -0.25) is 0 Å². The van der Waals surface area contributed by atoms with Crippen LogP contribution in [0.3, 0.4) is 0 Å². The summed E-state index contributed by atoms with van der Waals surface area (Å²) in [5, 5.41) is 7.40. The average molecular weight is 384 g/mol. The van der Waals surface area contributed by atoms with Crippen LogP contribution in [0.5, 0.6) is 0 Å². The minimum Gasteiger partial charge on any atom is -0.384 e. The summed E-state index contributed by atoms with van der Waals surface area (Å²) in [7, 11) is 0. The van der Waals surface area contributed by atoms with Crippen molar-refractivity contribution in [1.29, 1.82) is 0 Å². The van der Waals surface area contributed by atoms with Crippen molar-refractivity contribution >= 4 is 22.8 Å². The molecular weight excluding hydrogens is 369 g/mol. The van der Waals surface area contributed by atoms with Gasteiger partial charge < -0.3 is 11.1 Å². The summed E-state index contributed by atoms with van der Waals surface area (Å²) >= 11 is 0. The van der Waals surface area contributed by atoms with E-state index in [-0.39, 0.29) is 5.82 Å². The highest BCUT2D eigenvalue weighted by atomic mass is 19.4. The molecule has 0 unspecified atom stereocenters. The van der Waals surface area contributed by atoms with Gasteiger partial charge in [0.05, 0.1) is 22.3 Å². The first kappa shape index (κ1) is 17.8. The number of benzene rings is 1. The SMILES string of the molecule is Cc1nn2ccccc2c1-c1nc(N)cc(Nc2ccc(C(F)(F)F)cc2)n1. The normalized spacial score (nSPS) is 11.7. The van der Waals surface area contributed by atoms with Gasteiger partial charge in [0.25, 0.3) is 0 Å². The number of fused-ring (bicyclic) bond motifs is 1. The van der Waals surface area contributed by atoms with E-state index in [0.717, 1.165) is 28.9 Å². The van der Waals surface area contributed by atoms with Gasteiger partial charge in [-0.25, -0.2) is 14.5 Å². The molecule has 0 spiro atoms. The summed E-state index contributed by atoms with van der Waals surface area (Å²) in [6.07, 6.45) is -2.56. The molecule has 3 heterocycles. The molecule has 3 N–H and O–H groups in total. The molecule has 0 aliphatic carbocycles. The molecule has 1 aromatic carbocycles. The fraction of sp³-hybridized carbons (Fsp3) is 0.105. The van der Waals surface area contributed by atoms with Crippen molar-refractivity contribution in [1.82, 2.24) is 19.6 Å². The maximum atomic E-state index is 12.7. The highest BCUT2D eigenvalue weighted by Crippen LogP contribution is 2.31. The number of nitrogens with one attached hydrogen (secondary N) is 1. The molecule has 0 fully saturated rings. The van der Waals surface area contributed by atoms with Crippen molar-refractivity contribution in [3.8, 4) is 11.4 Å². The standard InChI is InChI=1S/C19H15F3N6/c1-11-17(14-4-2-3-9-28(14)27-11)18-25-15(23)10-16(26-18)24-13-7-5-12(6-8-13)19(20,21)22/h2-10H,1H3,(H3,23,24,25,26). The van der Waals surface area contributed by atoms with E-state index >= 15 is 0 Å². The minimum atomic E-state index is -4.38. The van der Waals surface area contributed by atoms with Gasteiger partial charge in [0.1, 0.15) is 11.6 Å². The maximum absolute atomic E-state index is 12.7. The second kappa shape index (κ2) is 6.52. The summed E-state index contributed by atoms with van der Waals surface area (Å²) in [6, 6.07) is 11.8. The molecule has 9 heteroatoms. The van der Waals surface area contributed by atoms with E-state index in [1.54, 1.807) is 4.52 Å². The lowest BCUT2D eigenvalue weighted by Crippen LogP contribution is -2.05. The first-order valence-electron chi connectivity index (χ1n) is 8.34. The molecule has 0 aliphatic rings. The van der Waals surface area contributed by atoms with Crippen LogP contribution >= 0.6 is 0 Å². The summed E-state index contributed by atoms with van der Waals surface area (Å²) in [5.41, 5.74) is 7.96. The smallest absolute Gasteiger partial charge is 0.384 e. The largest absolute Gasteiger partial charge is 0.416 e. The molecule has 0 saturated heterocycles. The third-order valence-electron chi connectivity index (χ3n) is 4.17. The fourth-order valence-corrected chi connectivity index (χ4v) is 2.93. The topological polar surface area (TPSA) is 81.1 Å². The van der Waals surface area contributed by atoms with Gasteiger partial charge in [-0.15, -0.1) is 0 Å². The number of pyridine rings is 1. The predicted molar refractivity (Wildman–Crippen MR) is 100 cm³/mol. The number of hydrogen-bond acceptors (Lipinski definition) is 5. The molecule has 28 heavy (non-hydrogen) atoms. The summed E-state index contributed by atoms with van der Waals surface area (Å²) in [5.74, 6) is 0.985. The lowest BCUT2D eigenvalue weighted by molar-refractivity contribution is -0.137. The number of nitrogens with two attached hydrogens (primary N) is 1. The Bertz CT molecular complexity index is 1150. The fourth-order valence-electron chi connectivity index (χ4n) is 2.93. The van der Waals surface area contributed by atoms with Crippen LogP contribution in [0.25, 0.3) is 16.9 Å². The van der Waals surface area contributed by atoms with Gasteiger partial charge >= 0.3 is 6.18 Å². The monoisotopic (exact) mass is 384 g/mol. The second-order valence-electron chi connectivity index (χ2n) is 6.19. The molecule has 0 saturated carbocycles. The Kier molecular flexibility index (Phi) is 4.14. The number of nitrogens with zero attached hydrogens (tertiary/aromatic N) is 4. The van der Waals surface area contributed by atoms with E-state index < -0.39 is 11.7 Å².